The summed E-state index contributed by atoms with van der Waals surface area (Å²) in [5, 5.41) is 8.88. The molecule has 0 saturated heterocycles. The number of esters is 1. The number of hydrogen-bond donors (Lipinski definition) is 1. The number of aliphatic carboxylic acids is 1. The molecule has 0 bridgehead atoms. The van der Waals surface area contributed by atoms with Gasteiger partial charge in [-0.15, -0.1) is 0 Å². The van der Waals surface area contributed by atoms with Gasteiger partial charge in [-0.3, -0.25) is 4.79 Å². The van der Waals surface area contributed by atoms with E-state index in [4.69, 9.17) is 9.84 Å². The van der Waals surface area contributed by atoms with Crippen LogP contribution in [0.1, 0.15) is 27.2 Å². The molecule has 0 aliphatic carbocycles. The quantitative estimate of drug-likeness (QED) is 0.557. The van der Waals surface area contributed by atoms with Gasteiger partial charge in [-0.1, -0.05) is 13.5 Å². The van der Waals surface area contributed by atoms with E-state index in [1.807, 2.05) is 0 Å². The Labute approximate surface area is 96.3 Å². The van der Waals surface area contributed by atoms with Crippen LogP contribution in [0.5, 0.6) is 0 Å². The van der Waals surface area contributed by atoms with Crippen molar-refractivity contribution in [2.24, 2.45) is 11.3 Å². The summed E-state index contributed by atoms with van der Waals surface area (Å²) in [7, 11) is 0. The lowest BCUT2D eigenvalue weighted by molar-refractivity contribution is -0.154. The SMILES string of the molecule is [CH2]C(C)(C(=O)OCC)C(CC)C(=C)C(=O)O. The lowest BCUT2D eigenvalue weighted by Crippen LogP contribution is -2.37. The maximum atomic E-state index is 11.7. The molecule has 0 spiro atoms. The maximum Gasteiger partial charge on any atom is 0.331 e. The Hall–Kier alpha value is -1.32. The fraction of sp³-hybridized carbons (Fsp3) is 0.583. The highest BCUT2D eigenvalue weighted by Gasteiger charge is 2.40. The zero-order valence-corrected chi connectivity index (χ0v) is 10.1. The summed E-state index contributed by atoms with van der Waals surface area (Å²) < 4.78 is 4.88. The first kappa shape index (κ1) is 14.7. The average molecular weight is 227 g/mol. The number of carbonyl (C=O) groups excluding carboxylic acids is 1. The van der Waals surface area contributed by atoms with Crippen molar-refractivity contribution in [2.45, 2.75) is 27.2 Å². The van der Waals surface area contributed by atoms with E-state index in [-0.39, 0.29) is 12.2 Å². The van der Waals surface area contributed by atoms with E-state index < -0.39 is 23.3 Å². The highest BCUT2D eigenvalue weighted by molar-refractivity contribution is 5.89. The molecule has 2 atom stereocenters. The fourth-order valence-corrected chi connectivity index (χ4v) is 1.67. The average Bonchev–Trinajstić information content (AvgIpc) is 2.18. The topological polar surface area (TPSA) is 63.6 Å². The number of ether oxygens (including phenoxy) is 1. The molecule has 0 amide bonds. The van der Waals surface area contributed by atoms with Gasteiger partial charge in [-0.25, -0.2) is 4.79 Å². The lowest BCUT2D eigenvalue weighted by Gasteiger charge is -2.31. The van der Waals surface area contributed by atoms with E-state index in [0.717, 1.165) is 0 Å². The van der Waals surface area contributed by atoms with Crippen LogP contribution in [0.4, 0.5) is 0 Å². The summed E-state index contributed by atoms with van der Waals surface area (Å²) in [4.78, 5) is 22.5. The molecule has 16 heavy (non-hydrogen) atoms. The molecule has 2 unspecified atom stereocenters. The molecule has 1 radical (unpaired) electrons. The molecule has 4 heteroatoms. The van der Waals surface area contributed by atoms with Crippen molar-refractivity contribution in [3.8, 4) is 0 Å². The smallest absolute Gasteiger partial charge is 0.331 e. The van der Waals surface area contributed by atoms with Crippen LogP contribution in [-0.2, 0) is 14.3 Å². The Morgan fingerprint density at radius 1 is 1.44 bits per heavy atom. The third-order valence-corrected chi connectivity index (χ3v) is 2.61. The molecule has 0 aromatic carbocycles. The molecule has 0 aliphatic heterocycles. The molecule has 1 N–H and O–H groups in total. The number of carboxylic acid groups (broad SMARTS) is 1. The zero-order chi connectivity index (χ0) is 12.9. The number of carbonyl (C=O) groups is 2. The summed E-state index contributed by atoms with van der Waals surface area (Å²) in [6, 6.07) is 0. The van der Waals surface area contributed by atoms with Crippen LogP contribution in [-0.4, -0.2) is 23.7 Å². The van der Waals surface area contributed by atoms with Gasteiger partial charge in [0.05, 0.1) is 12.0 Å². The van der Waals surface area contributed by atoms with Crippen molar-refractivity contribution in [3.05, 3.63) is 19.1 Å². The van der Waals surface area contributed by atoms with Crippen LogP contribution in [0.3, 0.4) is 0 Å². The molecule has 91 valence electrons. The third-order valence-electron chi connectivity index (χ3n) is 2.61. The minimum Gasteiger partial charge on any atom is -0.478 e. The number of hydrogen-bond acceptors (Lipinski definition) is 3. The van der Waals surface area contributed by atoms with Crippen LogP contribution in [0.15, 0.2) is 12.2 Å². The van der Waals surface area contributed by atoms with Crippen molar-refractivity contribution in [3.63, 3.8) is 0 Å². The Kier molecular flexibility index (Phi) is 5.21. The van der Waals surface area contributed by atoms with Gasteiger partial charge in [0.2, 0.25) is 0 Å². The van der Waals surface area contributed by atoms with Gasteiger partial charge in [0, 0.05) is 11.5 Å². The molecule has 0 aromatic rings. The predicted octanol–water partition coefficient (Wildman–Crippen LogP) is 2.06. The van der Waals surface area contributed by atoms with Crippen LogP contribution < -0.4 is 0 Å². The zero-order valence-electron chi connectivity index (χ0n) is 10.1. The van der Waals surface area contributed by atoms with E-state index >= 15 is 0 Å². The van der Waals surface area contributed by atoms with Crippen molar-refractivity contribution >= 4 is 11.9 Å². The van der Waals surface area contributed by atoms with Crippen LogP contribution in [0.25, 0.3) is 0 Å². The Morgan fingerprint density at radius 2 is 1.94 bits per heavy atom. The van der Waals surface area contributed by atoms with E-state index in [1.54, 1.807) is 20.8 Å². The molecular formula is C12H19O4. The minimum absolute atomic E-state index is 0.00643. The van der Waals surface area contributed by atoms with Gasteiger partial charge in [-0.2, -0.15) is 0 Å². The van der Waals surface area contributed by atoms with Gasteiger partial charge < -0.3 is 9.84 Å². The van der Waals surface area contributed by atoms with Gasteiger partial charge in [-0.05, 0) is 27.2 Å². The largest absolute Gasteiger partial charge is 0.478 e. The molecule has 0 aromatic heterocycles. The summed E-state index contributed by atoms with van der Waals surface area (Å²) in [5.41, 5.74) is -1.12. The first-order chi connectivity index (χ1) is 7.28. The normalized spacial score (nSPS) is 13.0. The van der Waals surface area contributed by atoms with Gasteiger partial charge in [0.15, 0.2) is 0 Å². The van der Waals surface area contributed by atoms with Crippen molar-refractivity contribution in [2.75, 3.05) is 6.61 Å². The fourth-order valence-electron chi connectivity index (χ4n) is 1.67. The summed E-state index contributed by atoms with van der Waals surface area (Å²) in [6.45, 7) is 12.6. The van der Waals surface area contributed by atoms with Crippen LogP contribution in [0, 0.1) is 18.3 Å². The first-order valence-corrected chi connectivity index (χ1v) is 5.23. The highest BCUT2D eigenvalue weighted by atomic mass is 16.5. The lowest BCUT2D eigenvalue weighted by atomic mass is 9.73. The molecular weight excluding hydrogens is 208 g/mol. The predicted molar refractivity (Wildman–Crippen MR) is 60.7 cm³/mol. The second-order valence-electron chi connectivity index (χ2n) is 3.93. The number of carboxylic acids is 1. The van der Waals surface area contributed by atoms with Crippen LogP contribution in [0.2, 0.25) is 0 Å². The highest BCUT2D eigenvalue weighted by Crippen LogP contribution is 2.35. The van der Waals surface area contributed by atoms with Crippen LogP contribution >= 0.6 is 0 Å². The number of rotatable bonds is 6. The Balaban J connectivity index is 5.00. The summed E-state index contributed by atoms with van der Waals surface area (Å²) in [5.74, 6) is -2.13. The molecule has 0 saturated carbocycles. The van der Waals surface area contributed by atoms with Crippen molar-refractivity contribution in [1.82, 2.24) is 0 Å². The monoisotopic (exact) mass is 227 g/mol. The Morgan fingerprint density at radius 3 is 2.25 bits per heavy atom. The first-order valence-electron chi connectivity index (χ1n) is 5.23. The third kappa shape index (κ3) is 3.08. The standard InChI is InChI=1S/C12H19O4/c1-6-9(8(3)10(13)14)12(4,5)11(15)16-7-2/h9H,3-4,6-7H2,1-2,5H3,(H,13,14). The van der Waals surface area contributed by atoms with E-state index in [2.05, 4.69) is 13.5 Å². The molecule has 4 nitrogen and oxygen atoms in total. The summed E-state index contributed by atoms with van der Waals surface area (Å²) in [6.07, 6.45) is 0.476. The molecule has 0 aliphatic rings. The van der Waals surface area contributed by atoms with Gasteiger partial charge in [0.1, 0.15) is 0 Å². The molecule has 0 rings (SSSR count). The summed E-state index contributed by atoms with van der Waals surface area (Å²) >= 11 is 0. The molecule has 0 heterocycles. The van der Waals surface area contributed by atoms with E-state index in [1.165, 1.54) is 0 Å². The second-order valence-corrected chi connectivity index (χ2v) is 3.93. The minimum atomic E-state index is -1.11. The van der Waals surface area contributed by atoms with E-state index in [0.29, 0.717) is 6.42 Å². The Bertz CT molecular complexity index is 291. The van der Waals surface area contributed by atoms with Gasteiger partial charge in [0.25, 0.3) is 0 Å². The van der Waals surface area contributed by atoms with Crippen molar-refractivity contribution in [1.29, 1.82) is 0 Å². The molecule has 0 fully saturated rings. The second kappa shape index (κ2) is 5.68. The van der Waals surface area contributed by atoms with E-state index in [9.17, 15) is 9.59 Å². The van der Waals surface area contributed by atoms with Gasteiger partial charge >= 0.3 is 11.9 Å². The maximum absolute atomic E-state index is 11.7. The van der Waals surface area contributed by atoms with Crippen molar-refractivity contribution < 1.29 is 19.4 Å².